The Morgan fingerprint density at radius 2 is 1.12 bits per heavy atom. The van der Waals surface area contributed by atoms with Crippen molar-refractivity contribution < 1.29 is 23.9 Å². The van der Waals surface area contributed by atoms with Crippen molar-refractivity contribution in [2.75, 3.05) is 4.90 Å². The van der Waals surface area contributed by atoms with Crippen LogP contribution in [0, 0.1) is 18.8 Å². The zero-order valence-electron chi connectivity index (χ0n) is 23.2. The van der Waals surface area contributed by atoms with Gasteiger partial charge in [0.25, 0.3) is 0 Å². The van der Waals surface area contributed by atoms with Gasteiger partial charge in [0.1, 0.15) is 9.75 Å². The third kappa shape index (κ3) is 3.73. The largest absolute Gasteiger partial charge is 0.451 e. The number of alkyl halides is 2. The molecule has 3 atom stereocenters. The maximum atomic E-state index is 14.1. The van der Waals surface area contributed by atoms with Gasteiger partial charge in [-0.1, -0.05) is 78.4 Å². The fourth-order valence-electron chi connectivity index (χ4n) is 6.90. The number of rotatable bonds is 5. The lowest BCUT2D eigenvalue weighted by Gasteiger charge is -2.54. The Labute approximate surface area is 258 Å². The molecule has 1 fully saturated rings. The number of carbonyl (C=O) groups excluding carboxylic acids is 4. The van der Waals surface area contributed by atoms with Gasteiger partial charge in [0.15, 0.2) is 6.10 Å². The van der Waals surface area contributed by atoms with Crippen LogP contribution in [0.25, 0.3) is 0 Å². The van der Waals surface area contributed by atoms with E-state index in [0.717, 1.165) is 32.7 Å². The van der Waals surface area contributed by atoms with Crippen molar-refractivity contribution >= 4 is 52.5 Å². The van der Waals surface area contributed by atoms with Crippen LogP contribution in [0.3, 0.4) is 0 Å². The summed E-state index contributed by atoms with van der Waals surface area (Å²) < 4.78 is 5.43. The molecule has 43 heavy (non-hydrogen) atoms. The smallest absolute Gasteiger partial charge is 0.338 e. The van der Waals surface area contributed by atoms with Crippen molar-refractivity contribution in [2.45, 2.75) is 29.7 Å². The van der Waals surface area contributed by atoms with Gasteiger partial charge in [-0.25, -0.2) is 9.69 Å². The minimum atomic E-state index is -1.28. The molecule has 0 aromatic heterocycles. The molecule has 0 N–H and O–H groups in total. The molecule has 4 aromatic carbocycles. The predicted octanol–water partition coefficient (Wildman–Crippen LogP) is 6.52. The highest BCUT2D eigenvalue weighted by Gasteiger charge is 2.73. The van der Waals surface area contributed by atoms with Crippen LogP contribution in [0.5, 0.6) is 0 Å². The van der Waals surface area contributed by atoms with Crippen LogP contribution in [0.4, 0.5) is 5.69 Å². The van der Waals surface area contributed by atoms with E-state index in [0.29, 0.717) is 5.56 Å². The Morgan fingerprint density at radius 3 is 1.56 bits per heavy atom. The van der Waals surface area contributed by atoms with E-state index in [-0.39, 0.29) is 17.0 Å². The van der Waals surface area contributed by atoms with Gasteiger partial charge in [0.2, 0.25) is 17.6 Å². The molecule has 8 rings (SSSR count). The van der Waals surface area contributed by atoms with E-state index in [1.807, 2.05) is 67.6 Å². The first-order valence-corrected chi connectivity index (χ1v) is 14.7. The predicted molar refractivity (Wildman–Crippen MR) is 162 cm³/mol. The summed E-state index contributed by atoms with van der Waals surface area (Å²) in [6.07, 6.45) is -1.00. The number of halogens is 2. The number of Topliss-reactive ketones (excluding diaryl/α,β-unsaturated/α-hetero) is 1. The first-order valence-electron chi connectivity index (χ1n) is 14.0. The average molecular weight is 610 g/mol. The highest BCUT2D eigenvalue weighted by atomic mass is 35.5. The molecule has 2 bridgehead atoms. The molecule has 1 heterocycles. The SMILES string of the molecule is Cc1ccc(C(=O)[C@H](C)OC(=O)c2ccc(N3C(=O)[C@@H]4[C@H](C3=O)C3(Cl)c5ccccc5C4(Cl)c4ccccc43)cc2)cc1. The van der Waals surface area contributed by atoms with Crippen LogP contribution in [-0.4, -0.2) is 29.7 Å². The zero-order chi connectivity index (χ0) is 30.3. The van der Waals surface area contributed by atoms with Gasteiger partial charge in [-0.2, -0.15) is 0 Å². The lowest BCUT2D eigenvalue weighted by molar-refractivity contribution is -0.122. The number of esters is 1. The van der Waals surface area contributed by atoms with E-state index >= 15 is 0 Å². The third-order valence-electron chi connectivity index (χ3n) is 8.94. The lowest BCUT2D eigenvalue weighted by atomic mass is 9.54. The van der Waals surface area contributed by atoms with Crippen molar-refractivity contribution in [3.63, 3.8) is 0 Å². The van der Waals surface area contributed by atoms with Crippen LogP contribution in [0.2, 0.25) is 0 Å². The maximum Gasteiger partial charge on any atom is 0.338 e. The Hall–Kier alpha value is -4.26. The third-order valence-corrected chi connectivity index (χ3v) is 10.2. The van der Waals surface area contributed by atoms with Crippen LogP contribution >= 0.6 is 23.2 Å². The molecule has 1 aliphatic heterocycles. The summed E-state index contributed by atoms with van der Waals surface area (Å²) in [6.45, 7) is 3.44. The van der Waals surface area contributed by atoms with Crippen LogP contribution in [0.1, 0.15) is 55.5 Å². The van der Waals surface area contributed by atoms with E-state index in [9.17, 15) is 19.2 Å². The molecule has 4 aromatic rings. The van der Waals surface area contributed by atoms with Gasteiger partial charge in [-0.05, 0) is 60.4 Å². The second-order valence-electron chi connectivity index (χ2n) is 11.3. The Bertz CT molecular complexity index is 1730. The molecule has 214 valence electrons. The van der Waals surface area contributed by atoms with E-state index in [1.54, 1.807) is 12.1 Å². The van der Waals surface area contributed by atoms with Crippen molar-refractivity contribution in [1.82, 2.24) is 0 Å². The monoisotopic (exact) mass is 609 g/mol. The van der Waals surface area contributed by atoms with Crippen molar-refractivity contribution in [2.24, 2.45) is 11.8 Å². The summed E-state index contributed by atoms with van der Waals surface area (Å²) in [5.41, 5.74) is 4.82. The number of imide groups is 1. The molecule has 0 spiro atoms. The molecule has 6 nitrogen and oxygen atoms in total. The van der Waals surface area contributed by atoms with Crippen molar-refractivity contribution in [1.29, 1.82) is 0 Å². The number of amides is 2. The molecule has 8 heteroatoms. The van der Waals surface area contributed by atoms with Gasteiger partial charge in [0, 0.05) is 5.56 Å². The second kappa shape index (κ2) is 9.63. The summed E-state index contributed by atoms with van der Waals surface area (Å²) in [7, 11) is 0. The molecular weight excluding hydrogens is 585 g/mol. The lowest BCUT2D eigenvalue weighted by Crippen LogP contribution is -2.57. The topological polar surface area (TPSA) is 80.8 Å². The van der Waals surface area contributed by atoms with Crippen molar-refractivity contribution in [3.05, 3.63) is 136 Å². The molecule has 0 saturated carbocycles. The molecule has 4 aliphatic rings. The van der Waals surface area contributed by atoms with E-state index in [2.05, 4.69) is 0 Å². The van der Waals surface area contributed by atoms with E-state index in [4.69, 9.17) is 27.9 Å². The van der Waals surface area contributed by atoms with Crippen LogP contribution < -0.4 is 4.90 Å². The summed E-state index contributed by atoms with van der Waals surface area (Å²) in [5.74, 6) is -3.78. The Morgan fingerprint density at radius 1 is 0.698 bits per heavy atom. The Balaban J connectivity index is 1.19. The second-order valence-corrected chi connectivity index (χ2v) is 12.5. The standard InChI is InChI=1S/C35H25Cl2NO5/c1-19-11-13-21(14-12-19)30(39)20(2)43-33(42)22-15-17-23(18-16-22)38-31(40)28-29(32(38)41)35(37)25-8-4-3-7-24(25)34(28,36)26-9-5-6-10-27(26)35/h3-18,20,28-29H,1-2H3/t20-,28-,29+,34?,35?/m0/s1. The molecule has 2 amide bonds. The van der Waals surface area contributed by atoms with Gasteiger partial charge in [-0.3, -0.25) is 14.4 Å². The summed E-state index contributed by atoms with van der Waals surface area (Å²) in [4.78, 5) is 52.5. The number of aryl methyl sites for hydroxylation is 1. The minimum Gasteiger partial charge on any atom is -0.451 e. The summed E-state index contributed by atoms with van der Waals surface area (Å²) >= 11 is 15.0. The normalized spacial score (nSPS) is 25.5. The molecule has 0 radical (unpaired) electrons. The number of benzene rings is 4. The number of hydrogen-bond donors (Lipinski definition) is 0. The average Bonchev–Trinajstić information content (AvgIpc) is 3.30. The highest BCUT2D eigenvalue weighted by molar-refractivity contribution is 6.38. The number of hydrogen-bond acceptors (Lipinski definition) is 5. The maximum absolute atomic E-state index is 14.1. The fraction of sp³-hybridized carbons (Fsp3) is 0.200. The minimum absolute atomic E-state index is 0.173. The molecule has 0 unspecified atom stereocenters. The number of ether oxygens (including phenoxy) is 1. The van der Waals surface area contributed by atoms with Crippen LogP contribution in [0.15, 0.2) is 97.1 Å². The van der Waals surface area contributed by atoms with Gasteiger partial charge in [-0.15, -0.1) is 23.2 Å². The molecular formula is C35H25Cl2NO5. The first kappa shape index (κ1) is 27.6. The summed E-state index contributed by atoms with van der Waals surface area (Å²) in [6, 6.07) is 27.9. The number of carbonyl (C=O) groups is 4. The highest BCUT2D eigenvalue weighted by Crippen LogP contribution is 2.69. The van der Waals surface area contributed by atoms with Crippen molar-refractivity contribution in [3.8, 4) is 0 Å². The zero-order valence-corrected chi connectivity index (χ0v) is 24.7. The van der Waals surface area contributed by atoms with E-state index < -0.39 is 45.5 Å². The number of anilines is 1. The van der Waals surface area contributed by atoms with Gasteiger partial charge >= 0.3 is 5.97 Å². The first-order chi connectivity index (χ1) is 20.6. The quantitative estimate of drug-likeness (QED) is 0.111. The van der Waals surface area contributed by atoms with E-state index in [1.165, 1.54) is 31.2 Å². The van der Waals surface area contributed by atoms with Gasteiger partial charge < -0.3 is 4.74 Å². The molecule has 3 aliphatic carbocycles. The Kier molecular flexibility index (Phi) is 6.17. The number of nitrogens with zero attached hydrogens (tertiary/aromatic N) is 1. The summed E-state index contributed by atoms with van der Waals surface area (Å²) in [5, 5.41) is 0. The van der Waals surface area contributed by atoms with Crippen LogP contribution in [-0.2, 0) is 24.1 Å². The fourth-order valence-corrected chi connectivity index (χ4v) is 8.00. The van der Waals surface area contributed by atoms with Gasteiger partial charge in [0.05, 0.1) is 23.1 Å². The molecule has 1 saturated heterocycles. The number of ketones is 1.